The number of aryl methyl sites for hydroxylation is 1. The maximum Gasteiger partial charge on any atom is 0.231 e. The summed E-state index contributed by atoms with van der Waals surface area (Å²) in [5, 5.41) is 15.0. The van der Waals surface area contributed by atoms with Gasteiger partial charge in [0.15, 0.2) is 43.6 Å². The molecule has 9 nitrogen and oxygen atoms in total. The standard InChI is InChI=1S/C9H9FO3.C8H8O2.2C3H6F2O.2C2H5FO/c10-5-11-4-7-1-2-8-9(3-7)13-6-12-8;1-6-2-3-7-8(4-6)10-5-9-7;2*4-1-2-6-3-5;2*3-1-2-4/h1-3H,4-6H2;2-4H,5H2,1H3;2*1-3H2;2*4H,1-2H2. The van der Waals surface area contributed by atoms with Gasteiger partial charge in [0.1, 0.15) is 26.7 Å². The lowest BCUT2D eigenvalue weighted by Gasteiger charge is -2.01. The van der Waals surface area contributed by atoms with Crippen LogP contribution in [0.5, 0.6) is 23.0 Å². The predicted octanol–water partition coefficient (Wildman–Crippen LogP) is 5.28. The highest BCUT2D eigenvalue weighted by Crippen LogP contribution is 2.33. The fourth-order valence-corrected chi connectivity index (χ4v) is 2.41. The molecule has 2 aliphatic rings. The molecule has 2 heterocycles. The Morgan fingerprint density at radius 3 is 1.40 bits per heavy atom. The molecule has 0 saturated carbocycles. The zero-order valence-corrected chi connectivity index (χ0v) is 23.8. The van der Waals surface area contributed by atoms with Gasteiger partial charge in [-0.3, -0.25) is 0 Å². The molecule has 0 aliphatic carbocycles. The van der Waals surface area contributed by atoms with Crippen molar-refractivity contribution in [1.82, 2.24) is 0 Å². The van der Waals surface area contributed by atoms with Crippen molar-refractivity contribution in [1.29, 1.82) is 0 Å². The van der Waals surface area contributed by atoms with Crippen LogP contribution in [-0.2, 0) is 20.8 Å². The summed E-state index contributed by atoms with van der Waals surface area (Å²) in [4.78, 5) is 0. The summed E-state index contributed by atoms with van der Waals surface area (Å²) < 4.78 is 109. The minimum absolute atomic E-state index is 0.128. The molecule has 2 aromatic carbocycles. The summed E-state index contributed by atoms with van der Waals surface area (Å²) in [6, 6.07) is 11.3. The quantitative estimate of drug-likeness (QED) is 0.251. The fraction of sp³-hybridized carbons (Fsp3) is 0.556. The minimum Gasteiger partial charge on any atom is -0.454 e. The van der Waals surface area contributed by atoms with Gasteiger partial charge in [-0.1, -0.05) is 12.1 Å². The molecule has 0 fully saturated rings. The van der Waals surface area contributed by atoms with Crippen LogP contribution >= 0.6 is 0 Å². The molecule has 0 amide bonds. The Balaban J connectivity index is 0. The van der Waals surface area contributed by atoms with Crippen molar-refractivity contribution in [2.24, 2.45) is 0 Å². The van der Waals surface area contributed by atoms with E-state index in [2.05, 4.69) is 14.2 Å². The molecule has 0 aromatic heterocycles. The second-order valence-electron chi connectivity index (χ2n) is 7.24. The van der Waals surface area contributed by atoms with E-state index in [1.54, 1.807) is 12.1 Å². The number of hydrogen-bond acceptors (Lipinski definition) is 9. The number of halogens is 7. The molecular formula is C27H39F7O9. The van der Waals surface area contributed by atoms with E-state index in [1.165, 1.54) is 5.56 Å². The Morgan fingerprint density at radius 1 is 0.581 bits per heavy atom. The first-order valence-electron chi connectivity index (χ1n) is 12.5. The highest BCUT2D eigenvalue weighted by Gasteiger charge is 2.13. The summed E-state index contributed by atoms with van der Waals surface area (Å²) >= 11 is 0. The number of hydrogen-bond donors (Lipinski definition) is 2. The second kappa shape index (κ2) is 31.9. The van der Waals surface area contributed by atoms with Crippen LogP contribution in [0.4, 0.5) is 30.7 Å². The molecule has 16 heteroatoms. The van der Waals surface area contributed by atoms with Gasteiger partial charge >= 0.3 is 0 Å². The second-order valence-corrected chi connectivity index (χ2v) is 7.24. The average Bonchev–Trinajstić information content (AvgIpc) is 3.72. The van der Waals surface area contributed by atoms with E-state index < -0.39 is 47.3 Å². The highest BCUT2D eigenvalue weighted by molar-refractivity contribution is 5.44. The molecule has 0 spiro atoms. The Hall–Kier alpha value is -3.05. The summed E-state index contributed by atoms with van der Waals surface area (Å²) in [6.07, 6.45) is 0. The van der Waals surface area contributed by atoms with Gasteiger partial charge in [-0.25, -0.2) is 30.7 Å². The highest BCUT2D eigenvalue weighted by atomic mass is 19.2. The van der Waals surface area contributed by atoms with Crippen molar-refractivity contribution >= 4 is 0 Å². The molecular weight excluding hydrogens is 601 g/mol. The third-order valence-corrected chi connectivity index (χ3v) is 4.08. The van der Waals surface area contributed by atoms with Crippen molar-refractivity contribution in [2.75, 3.05) is 87.3 Å². The molecule has 2 N–H and O–H groups in total. The first kappa shape index (κ1) is 42.1. The van der Waals surface area contributed by atoms with Gasteiger partial charge in [0.05, 0.1) is 33.0 Å². The predicted molar refractivity (Wildman–Crippen MR) is 143 cm³/mol. The molecule has 250 valence electrons. The SMILES string of the molecule is Cc1ccc2c(c1)OCO2.FCCOCF.FCCOCF.FCOCc1ccc2c(c1)OCO2.OCCF.OCCF. The van der Waals surface area contributed by atoms with E-state index in [0.717, 1.165) is 22.8 Å². The Kier molecular flexibility index (Phi) is 31.2. The van der Waals surface area contributed by atoms with Crippen LogP contribution in [0.25, 0.3) is 0 Å². The number of fused-ring (bicyclic) bond motifs is 2. The fourth-order valence-electron chi connectivity index (χ4n) is 2.41. The molecule has 2 aliphatic heterocycles. The maximum absolute atomic E-state index is 11.7. The lowest BCUT2D eigenvalue weighted by atomic mass is 10.2. The van der Waals surface area contributed by atoms with Crippen molar-refractivity contribution in [3.8, 4) is 23.0 Å². The van der Waals surface area contributed by atoms with Crippen LogP contribution in [0, 0.1) is 6.92 Å². The average molecular weight is 641 g/mol. The molecule has 0 atom stereocenters. The summed E-state index contributed by atoms with van der Waals surface area (Å²) in [6.45, 7) is -3.06. The number of aliphatic hydroxyl groups excluding tert-OH is 2. The number of alkyl halides is 7. The smallest absolute Gasteiger partial charge is 0.231 e. The van der Waals surface area contributed by atoms with Gasteiger partial charge in [0, 0.05) is 0 Å². The van der Waals surface area contributed by atoms with Gasteiger partial charge in [-0.05, 0) is 42.3 Å². The first-order valence-corrected chi connectivity index (χ1v) is 12.5. The van der Waals surface area contributed by atoms with Gasteiger partial charge < -0.3 is 43.4 Å². The van der Waals surface area contributed by atoms with Crippen LogP contribution in [0.1, 0.15) is 11.1 Å². The van der Waals surface area contributed by atoms with Crippen LogP contribution in [0.15, 0.2) is 36.4 Å². The van der Waals surface area contributed by atoms with E-state index in [1.807, 2.05) is 31.2 Å². The van der Waals surface area contributed by atoms with Gasteiger partial charge in [0.2, 0.25) is 13.6 Å². The van der Waals surface area contributed by atoms with Crippen LogP contribution < -0.4 is 18.9 Å². The van der Waals surface area contributed by atoms with E-state index in [9.17, 15) is 30.7 Å². The molecule has 0 bridgehead atoms. The molecule has 43 heavy (non-hydrogen) atoms. The summed E-state index contributed by atoms with van der Waals surface area (Å²) in [5.74, 6) is 3.13. The molecule has 4 rings (SSSR count). The van der Waals surface area contributed by atoms with Crippen LogP contribution in [0.2, 0.25) is 0 Å². The molecule has 0 radical (unpaired) electrons. The minimum atomic E-state index is -0.885. The van der Waals surface area contributed by atoms with Gasteiger partial charge in [0.25, 0.3) is 0 Å². The third-order valence-electron chi connectivity index (χ3n) is 4.08. The van der Waals surface area contributed by atoms with Crippen LogP contribution in [0.3, 0.4) is 0 Å². The zero-order valence-electron chi connectivity index (χ0n) is 23.8. The number of benzene rings is 2. The van der Waals surface area contributed by atoms with E-state index in [0.29, 0.717) is 12.5 Å². The van der Waals surface area contributed by atoms with Crippen molar-refractivity contribution < 1.29 is 74.1 Å². The van der Waals surface area contributed by atoms with Crippen molar-refractivity contribution in [3.63, 3.8) is 0 Å². The van der Waals surface area contributed by atoms with E-state index in [4.69, 9.17) is 29.2 Å². The maximum atomic E-state index is 11.7. The number of ether oxygens (including phenoxy) is 7. The normalized spacial score (nSPS) is 11.1. The lowest BCUT2D eigenvalue weighted by molar-refractivity contribution is 0.0461. The Labute approximate surface area is 246 Å². The monoisotopic (exact) mass is 640 g/mol. The van der Waals surface area contributed by atoms with E-state index >= 15 is 0 Å². The summed E-state index contributed by atoms with van der Waals surface area (Å²) in [7, 11) is 0. The van der Waals surface area contributed by atoms with E-state index in [-0.39, 0.29) is 39.8 Å². The number of aliphatic hydroxyl groups is 2. The third kappa shape index (κ3) is 24.1. The van der Waals surface area contributed by atoms with Gasteiger partial charge in [-0.15, -0.1) is 0 Å². The van der Waals surface area contributed by atoms with Crippen molar-refractivity contribution in [3.05, 3.63) is 47.5 Å². The first-order chi connectivity index (χ1) is 20.9. The Bertz CT molecular complexity index is 863. The molecule has 0 unspecified atom stereocenters. The molecule has 2 aromatic rings. The largest absolute Gasteiger partial charge is 0.454 e. The Morgan fingerprint density at radius 2 is 1.00 bits per heavy atom. The summed E-state index contributed by atoms with van der Waals surface area (Å²) in [5.41, 5.74) is 2.08. The van der Waals surface area contributed by atoms with Crippen molar-refractivity contribution in [2.45, 2.75) is 13.5 Å². The lowest BCUT2D eigenvalue weighted by Crippen LogP contribution is -1.93. The molecule has 0 saturated heterocycles. The van der Waals surface area contributed by atoms with Gasteiger partial charge in [-0.2, -0.15) is 0 Å². The van der Waals surface area contributed by atoms with Crippen LogP contribution in [-0.4, -0.2) is 97.5 Å². The zero-order chi connectivity index (χ0) is 32.6. The topological polar surface area (TPSA) is 105 Å². The number of rotatable bonds is 11.